The predicted molar refractivity (Wildman–Crippen MR) is 200 cm³/mol. The lowest BCUT2D eigenvalue weighted by molar-refractivity contribution is -0.372. The molecule has 2 saturated heterocycles. The third kappa shape index (κ3) is 6.33. The van der Waals surface area contributed by atoms with Crippen LogP contribution in [0, 0.1) is 50.2 Å². The molecule has 9 N–H and O–H groups in total. The molecule has 58 heavy (non-hydrogen) atoms. The second-order valence-corrected chi connectivity index (χ2v) is 20.4. The van der Waals surface area contributed by atoms with Gasteiger partial charge in [-0.05, 0) is 111 Å². The van der Waals surface area contributed by atoms with Crippen LogP contribution in [0.15, 0.2) is 11.6 Å². The van der Waals surface area contributed by atoms with Crippen molar-refractivity contribution in [2.45, 2.75) is 173 Å². The largest absolute Gasteiger partial charge is 0.481 e. The lowest BCUT2D eigenvalue weighted by Gasteiger charge is -2.73. The van der Waals surface area contributed by atoms with Crippen molar-refractivity contribution in [2.24, 2.45) is 50.2 Å². The molecule has 0 aromatic rings. The van der Waals surface area contributed by atoms with Crippen molar-refractivity contribution in [3.63, 3.8) is 0 Å². The van der Waals surface area contributed by atoms with E-state index in [1.54, 1.807) is 0 Å². The second kappa shape index (κ2) is 14.7. The number of aliphatic hydroxyl groups is 6. The summed E-state index contributed by atoms with van der Waals surface area (Å²) >= 11 is 0. The number of fused-ring (bicyclic) bond motifs is 7. The molecular formula is C42H64O16. The Morgan fingerprint density at radius 2 is 1.26 bits per heavy atom. The highest BCUT2D eigenvalue weighted by molar-refractivity contribution is 5.77. The number of carboxylic acid groups (broad SMARTS) is 3. The molecule has 2 unspecified atom stereocenters. The number of carboxylic acids is 3. The van der Waals surface area contributed by atoms with Gasteiger partial charge in [-0.1, -0.05) is 46.3 Å². The van der Waals surface area contributed by atoms with Gasteiger partial charge in [0.1, 0.15) is 36.6 Å². The molecule has 0 bridgehead atoms. The molecule has 5 aliphatic carbocycles. The van der Waals surface area contributed by atoms with E-state index in [4.69, 9.17) is 18.9 Å². The second-order valence-electron chi connectivity index (χ2n) is 20.4. The van der Waals surface area contributed by atoms with Crippen LogP contribution in [0.4, 0.5) is 0 Å². The van der Waals surface area contributed by atoms with E-state index < -0.39 is 102 Å². The number of hydrogen-bond acceptors (Lipinski definition) is 13. The number of aliphatic carboxylic acids is 3. The molecule has 2 aliphatic heterocycles. The Labute approximate surface area is 338 Å². The number of ether oxygens (including phenoxy) is 4. The van der Waals surface area contributed by atoms with E-state index in [1.807, 2.05) is 20.8 Å². The highest BCUT2D eigenvalue weighted by atomic mass is 16.8. The Hall–Kier alpha value is -2.25. The standard InChI is InChI=1S/C42H64O16/c1-37(2)21-9-11-41(6)22(8-7-19-20-17-39(4,36(53)54)14-13-38(20,3)15-16-40(19,41)5)42(21,18-43)12-10-23(37)55-35-31(27(47)26(46)30(57-35)33(51)52)58-34-28(48)24(44)25(45)29(56-34)32(49)50/h17,19,21-31,34-35,43-48H,7-16,18H2,1-6H3,(H,49,50)(H,51,52)(H,53,54)/t19-,21?,22?,23+,24+,25+,26+,27+,28-,29+,30+,31-,34+,35-,38-,39+,40-,41-,42-/m1/s1. The average molecular weight is 825 g/mol. The van der Waals surface area contributed by atoms with Crippen LogP contribution in [0.1, 0.15) is 106 Å². The normalized spacial score (nSPS) is 52.5. The van der Waals surface area contributed by atoms with E-state index in [1.165, 1.54) is 5.57 Å². The van der Waals surface area contributed by atoms with Gasteiger partial charge in [0.05, 0.1) is 11.5 Å². The fourth-order valence-electron chi connectivity index (χ4n) is 13.6. The zero-order valence-corrected chi connectivity index (χ0v) is 34.3. The zero-order chi connectivity index (χ0) is 42.7. The Bertz CT molecular complexity index is 1670. The predicted octanol–water partition coefficient (Wildman–Crippen LogP) is 2.04. The number of aliphatic hydroxyl groups excluding tert-OH is 6. The van der Waals surface area contributed by atoms with Crippen LogP contribution in [-0.4, -0.2) is 138 Å². The van der Waals surface area contributed by atoms with Gasteiger partial charge >= 0.3 is 17.9 Å². The molecule has 0 spiro atoms. The molecule has 7 aliphatic rings. The van der Waals surface area contributed by atoms with Crippen LogP contribution in [0.5, 0.6) is 0 Å². The lowest BCUT2D eigenvalue weighted by atomic mass is 9.32. The van der Waals surface area contributed by atoms with E-state index in [-0.39, 0.29) is 40.6 Å². The first-order valence-electron chi connectivity index (χ1n) is 21.0. The topological polar surface area (TPSA) is 270 Å². The van der Waals surface area contributed by atoms with Gasteiger partial charge in [-0.15, -0.1) is 0 Å². The van der Waals surface area contributed by atoms with Crippen molar-refractivity contribution in [2.75, 3.05) is 6.61 Å². The summed E-state index contributed by atoms with van der Waals surface area (Å²) in [5, 5.41) is 94.7. The number of hydrogen-bond donors (Lipinski definition) is 9. The lowest BCUT2D eigenvalue weighted by Crippen LogP contribution is -2.68. The van der Waals surface area contributed by atoms with E-state index in [9.17, 15) is 60.3 Å². The first-order valence-corrected chi connectivity index (χ1v) is 21.0. The molecule has 4 saturated carbocycles. The Morgan fingerprint density at radius 3 is 1.86 bits per heavy atom. The molecule has 2 heterocycles. The number of rotatable bonds is 8. The summed E-state index contributed by atoms with van der Waals surface area (Å²) in [4.78, 5) is 36.5. The van der Waals surface area contributed by atoms with Crippen molar-refractivity contribution in [1.29, 1.82) is 0 Å². The molecule has 6 fully saturated rings. The summed E-state index contributed by atoms with van der Waals surface area (Å²) in [6.07, 6.45) is -10.3. The minimum atomic E-state index is -2.04. The molecule has 19 atom stereocenters. The first-order chi connectivity index (χ1) is 26.9. The van der Waals surface area contributed by atoms with Crippen molar-refractivity contribution >= 4 is 17.9 Å². The number of carbonyl (C=O) groups is 3. The van der Waals surface area contributed by atoms with Gasteiger partial charge in [0.15, 0.2) is 24.8 Å². The molecular weight excluding hydrogens is 760 g/mol. The van der Waals surface area contributed by atoms with Crippen LogP contribution in [0.2, 0.25) is 0 Å². The van der Waals surface area contributed by atoms with E-state index in [2.05, 4.69) is 26.8 Å². The average Bonchev–Trinajstić information content (AvgIpc) is 3.15. The van der Waals surface area contributed by atoms with Crippen molar-refractivity contribution in [1.82, 2.24) is 0 Å². The van der Waals surface area contributed by atoms with E-state index in [0.717, 1.165) is 44.9 Å². The highest BCUT2D eigenvalue weighted by Crippen LogP contribution is 2.76. The smallest absolute Gasteiger partial charge is 0.335 e. The van der Waals surface area contributed by atoms with Crippen molar-refractivity contribution in [3.05, 3.63) is 11.6 Å². The van der Waals surface area contributed by atoms with Gasteiger partial charge < -0.3 is 64.9 Å². The molecule has 0 amide bonds. The Morgan fingerprint density at radius 1 is 0.655 bits per heavy atom. The maximum absolute atomic E-state index is 12.5. The van der Waals surface area contributed by atoms with Crippen LogP contribution >= 0.6 is 0 Å². The molecule has 0 aromatic heterocycles. The van der Waals surface area contributed by atoms with Gasteiger partial charge in [0.2, 0.25) is 0 Å². The molecule has 7 rings (SSSR count). The van der Waals surface area contributed by atoms with Gasteiger partial charge in [-0.3, -0.25) is 4.79 Å². The first kappa shape index (κ1) is 43.8. The summed E-state index contributed by atoms with van der Waals surface area (Å²) < 4.78 is 23.4. The van der Waals surface area contributed by atoms with Crippen LogP contribution in [-0.2, 0) is 33.3 Å². The van der Waals surface area contributed by atoms with Crippen LogP contribution in [0.3, 0.4) is 0 Å². The SMILES string of the molecule is CC1(C)C2CC[C@]3(C)C(CC[C@@H]4C5=C[C@@](C)(C(=O)O)CC[C@]5(C)CC[C@]43C)[C@@]2(CO)CC[C@@H]1O[C@@H]1O[C@H](C(=O)O)[C@@H](O)[C@H](O)[C@H]1O[C@@H]1O[C@H](C(=O)O)[C@@H](O)[C@H](O)[C@H]1O. The van der Waals surface area contributed by atoms with Crippen LogP contribution in [0.25, 0.3) is 0 Å². The minimum absolute atomic E-state index is 0.0438. The zero-order valence-electron chi connectivity index (χ0n) is 34.3. The van der Waals surface area contributed by atoms with Crippen LogP contribution < -0.4 is 0 Å². The molecule has 16 heteroatoms. The molecule has 0 aromatic carbocycles. The third-order valence-electron chi connectivity index (χ3n) is 17.4. The van der Waals surface area contributed by atoms with Crippen molar-refractivity contribution < 1.29 is 79.3 Å². The van der Waals surface area contributed by atoms with Gasteiger partial charge in [0.25, 0.3) is 0 Å². The summed E-state index contributed by atoms with van der Waals surface area (Å²) in [7, 11) is 0. The van der Waals surface area contributed by atoms with E-state index in [0.29, 0.717) is 19.3 Å². The fraction of sp³-hybridized carbons (Fsp3) is 0.881. The minimum Gasteiger partial charge on any atom is -0.481 e. The van der Waals surface area contributed by atoms with E-state index >= 15 is 0 Å². The summed E-state index contributed by atoms with van der Waals surface area (Å²) in [6, 6.07) is 0. The van der Waals surface area contributed by atoms with Crippen molar-refractivity contribution in [3.8, 4) is 0 Å². The monoisotopic (exact) mass is 824 g/mol. The third-order valence-corrected chi connectivity index (χ3v) is 17.4. The van der Waals surface area contributed by atoms with Gasteiger partial charge in [0, 0.05) is 12.0 Å². The summed E-state index contributed by atoms with van der Waals surface area (Å²) in [5.41, 5.74) is -1.15. The maximum atomic E-state index is 12.5. The quantitative estimate of drug-likeness (QED) is 0.125. The summed E-state index contributed by atoms with van der Waals surface area (Å²) in [6.45, 7) is 12.9. The maximum Gasteiger partial charge on any atom is 0.335 e. The van der Waals surface area contributed by atoms with Gasteiger partial charge in [-0.25, -0.2) is 9.59 Å². The van der Waals surface area contributed by atoms with Gasteiger partial charge in [-0.2, -0.15) is 0 Å². The molecule has 0 radical (unpaired) electrons. The Kier molecular flexibility index (Phi) is 11.1. The molecule has 328 valence electrons. The summed E-state index contributed by atoms with van der Waals surface area (Å²) in [5.74, 6) is -3.77. The number of allylic oxidation sites excluding steroid dienone is 1. The molecule has 16 nitrogen and oxygen atoms in total. The highest BCUT2D eigenvalue weighted by Gasteiger charge is 2.70. The fourth-order valence-corrected chi connectivity index (χ4v) is 13.6. The Balaban J connectivity index is 1.16.